The molecule has 0 bridgehead atoms. The summed E-state index contributed by atoms with van der Waals surface area (Å²) in [6.07, 6.45) is 0.711. The van der Waals surface area contributed by atoms with E-state index >= 15 is 0 Å². The third-order valence-corrected chi connectivity index (χ3v) is 3.02. The van der Waals surface area contributed by atoms with Crippen LogP contribution in [0.2, 0.25) is 0 Å². The third-order valence-electron chi connectivity index (χ3n) is 3.02. The maximum Gasteiger partial charge on any atom is 0.344 e. The molecule has 0 radical (unpaired) electrons. The van der Waals surface area contributed by atoms with Gasteiger partial charge in [-0.25, -0.2) is 9.59 Å². The Bertz CT molecular complexity index is 720. The number of benzene rings is 2. The monoisotopic (exact) mass is 313 g/mol. The molecule has 0 aliphatic heterocycles. The topological polar surface area (TPSA) is 96.2 Å². The lowest BCUT2D eigenvalue weighted by Gasteiger charge is -2.09. The number of ether oxygens (including phenoxy) is 1. The van der Waals surface area contributed by atoms with Crippen LogP contribution in [0, 0.1) is 0 Å². The van der Waals surface area contributed by atoms with Gasteiger partial charge in [-0.3, -0.25) is 4.99 Å². The van der Waals surface area contributed by atoms with Crippen LogP contribution >= 0.6 is 0 Å². The molecule has 2 rings (SSSR count). The van der Waals surface area contributed by atoms with Crippen LogP contribution in [0.15, 0.2) is 53.5 Å². The van der Waals surface area contributed by atoms with Gasteiger partial charge in [0.2, 0.25) is 0 Å². The molecule has 0 aromatic heterocycles. The number of hydrogen-bond acceptors (Lipinski definition) is 4. The zero-order valence-corrected chi connectivity index (χ0v) is 12.3. The van der Waals surface area contributed by atoms with E-state index in [4.69, 9.17) is 14.9 Å². The molecule has 2 aromatic carbocycles. The molecule has 118 valence electrons. The summed E-state index contributed by atoms with van der Waals surface area (Å²) in [5.41, 5.74) is 1.65. The van der Waals surface area contributed by atoms with E-state index in [1.807, 2.05) is 0 Å². The molecule has 2 aromatic rings. The molecule has 0 spiro atoms. The van der Waals surface area contributed by atoms with Gasteiger partial charge in [0.05, 0.1) is 11.3 Å². The molecular formula is C17H15NO5. The molecule has 0 saturated heterocycles. The van der Waals surface area contributed by atoms with Crippen LogP contribution < -0.4 is 4.74 Å². The van der Waals surface area contributed by atoms with Gasteiger partial charge in [0.25, 0.3) is 0 Å². The Balaban J connectivity index is 2.02. The molecule has 2 N–H and O–H groups in total. The summed E-state index contributed by atoms with van der Waals surface area (Å²) in [6, 6.07) is 13.0. The minimum Gasteiger partial charge on any atom is -0.479 e. The molecule has 0 heterocycles. The minimum atomic E-state index is -1.03. The second-order valence-corrected chi connectivity index (χ2v) is 4.78. The number of nitrogens with zero attached hydrogens (tertiary/aromatic N) is 1. The van der Waals surface area contributed by atoms with Crippen LogP contribution in [0.4, 0.5) is 5.69 Å². The maximum absolute atomic E-state index is 10.8. The van der Waals surface area contributed by atoms with Gasteiger partial charge in [-0.1, -0.05) is 0 Å². The summed E-state index contributed by atoms with van der Waals surface area (Å²) in [4.78, 5) is 25.7. The second-order valence-electron chi connectivity index (χ2n) is 4.78. The van der Waals surface area contributed by atoms with Crippen molar-refractivity contribution in [1.82, 2.24) is 0 Å². The summed E-state index contributed by atoms with van der Waals surface area (Å²) in [7, 11) is 0. The zero-order chi connectivity index (χ0) is 16.8. The van der Waals surface area contributed by atoms with E-state index in [1.165, 1.54) is 19.1 Å². The summed E-state index contributed by atoms with van der Waals surface area (Å²) in [5, 5.41) is 17.6. The average Bonchev–Trinajstić information content (AvgIpc) is 2.54. The molecular weight excluding hydrogens is 298 g/mol. The number of aromatic carboxylic acids is 1. The van der Waals surface area contributed by atoms with Crippen LogP contribution in [0.5, 0.6) is 5.75 Å². The van der Waals surface area contributed by atoms with Crippen LogP contribution in [0.25, 0.3) is 0 Å². The van der Waals surface area contributed by atoms with Crippen LogP contribution in [0.3, 0.4) is 0 Å². The van der Waals surface area contributed by atoms with Crippen LogP contribution in [-0.2, 0) is 4.79 Å². The quantitative estimate of drug-likeness (QED) is 0.799. The number of carboxylic acids is 2. The molecule has 6 heteroatoms. The Morgan fingerprint density at radius 1 is 1.04 bits per heavy atom. The van der Waals surface area contributed by atoms with Crippen molar-refractivity contribution in [3.8, 4) is 5.75 Å². The second kappa shape index (κ2) is 7.22. The fourth-order valence-corrected chi connectivity index (χ4v) is 1.73. The maximum atomic E-state index is 10.8. The van der Waals surface area contributed by atoms with Crippen molar-refractivity contribution < 1.29 is 24.5 Å². The van der Waals surface area contributed by atoms with Gasteiger partial charge in [-0.15, -0.1) is 0 Å². The summed E-state index contributed by atoms with van der Waals surface area (Å²) in [6.45, 7) is 1.46. The van der Waals surface area contributed by atoms with Gasteiger partial charge in [-0.05, 0) is 61.0 Å². The number of aliphatic carboxylic acids is 1. The normalized spacial score (nSPS) is 12.0. The Labute approximate surface area is 132 Å². The van der Waals surface area contributed by atoms with Gasteiger partial charge in [-0.2, -0.15) is 0 Å². The molecule has 0 amide bonds. The van der Waals surface area contributed by atoms with Crippen molar-refractivity contribution in [1.29, 1.82) is 0 Å². The van der Waals surface area contributed by atoms with Gasteiger partial charge in [0.1, 0.15) is 5.75 Å². The fourth-order valence-electron chi connectivity index (χ4n) is 1.73. The fraction of sp³-hybridized carbons (Fsp3) is 0.118. The van der Waals surface area contributed by atoms with Crippen molar-refractivity contribution in [3.05, 3.63) is 59.7 Å². The smallest absolute Gasteiger partial charge is 0.344 e. The van der Waals surface area contributed by atoms with E-state index < -0.39 is 18.0 Å². The molecule has 0 unspecified atom stereocenters. The van der Waals surface area contributed by atoms with Crippen molar-refractivity contribution in [2.75, 3.05) is 0 Å². The SMILES string of the molecule is C[C@@H](Oc1ccc(C=Nc2ccc(C(=O)O)cc2)cc1)C(=O)O. The van der Waals surface area contributed by atoms with Crippen molar-refractivity contribution in [2.45, 2.75) is 13.0 Å². The predicted molar refractivity (Wildman–Crippen MR) is 84.8 cm³/mol. The Morgan fingerprint density at radius 3 is 2.17 bits per heavy atom. The Morgan fingerprint density at radius 2 is 1.65 bits per heavy atom. The number of carboxylic acid groups (broad SMARTS) is 2. The summed E-state index contributed by atoms with van der Waals surface area (Å²) < 4.78 is 5.23. The highest BCUT2D eigenvalue weighted by atomic mass is 16.5. The first-order chi connectivity index (χ1) is 11.0. The third kappa shape index (κ3) is 4.67. The molecule has 0 aliphatic carbocycles. The number of rotatable bonds is 6. The van der Waals surface area contributed by atoms with Crippen molar-refractivity contribution in [3.63, 3.8) is 0 Å². The summed E-state index contributed by atoms with van der Waals surface area (Å²) in [5.74, 6) is -1.55. The predicted octanol–water partition coefficient (Wildman–Crippen LogP) is 2.99. The Kier molecular flexibility index (Phi) is 5.09. The van der Waals surface area contributed by atoms with Crippen molar-refractivity contribution in [2.24, 2.45) is 4.99 Å². The number of carbonyl (C=O) groups is 2. The van der Waals surface area contributed by atoms with Gasteiger partial charge < -0.3 is 14.9 Å². The molecule has 1 atom stereocenters. The lowest BCUT2D eigenvalue weighted by atomic mass is 10.2. The largest absolute Gasteiger partial charge is 0.479 e. The summed E-state index contributed by atoms with van der Waals surface area (Å²) >= 11 is 0. The lowest BCUT2D eigenvalue weighted by Crippen LogP contribution is -2.22. The first kappa shape index (κ1) is 16.2. The van der Waals surface area contributed by atoms with Gasteiger partial charge in [0, 0.05) is 6.21 Å². The highest BCUT2D eigenvalue weighted by Gasteiger charge is 2.11. The number of hydrogen-bond donors (Lipinski definition) is 2. The first-order valence-corrected chi connectivity index (χ1v) is 6.82. The van der Waals surface area contributed by atoms with E-state index in [1.54, 1.807) is 42.6 Å². The van der Waals surface area contributed by atoms with Crippen LogP contribution in [0.1, 0.15) is 22.8 Å². The van der Waals surface area contributed by atoms with Gasteiger partial charge in [0.15, 0.2) is 6.10 Å². The minimum absolute atomic E-state index is 0.206. The highest BCUT2D eigenvalue weighted by Crippen LogP contribution is 2.16. The first-order valence-electron chi connectivity index (χ1n) is 6.82. The standard InChI is InChI=1S/C17H15NO5/c1-11(16(19)20)23-15-8-2-12(3-9-15)10-18-14-6-4-13(5-7-14)17(21)22/h2-11H,1H3,(H,19,20)(H,21,22)/t11-/m1/s1. The van der Waals surface area contributed by atoms with Crippen molar-refractivity contribution >= 4 is 23.8 Å². The number of aliphatic imine (C=N–C) groups is 1. The van der Waals surface area contributed by atoms with E-state index in [2.05, 4.69) is 4.99 Å². The van der Waals surface area contributed by atoms with Crippen LogP contribution in [-0.4, -0.2) is 34.5 Å². The molecule has 6 nitrogen and oxygen atoms in total. The lowest BCUT2D eigenvalue weighted by molar-refractivity contribution is -0.144. The Hall–Kier alpha value is -3.15. The molecule has 23 heavy (non-hydrogen) atoms. The molecule has 0 fully saturated rings. The molecule has 0 aliphatic rings. The van der Waals surface area contributed by atoms with Gasteiger partial charge >= 0.3 is 11.9 Å². The molecule has 0 saturated carbocycles. The van der Waals surface area contributed by atoms with E-state index in [-0.39, 0.29) is 5.56 Å². The highest BCUT2D eigenvalue weighted by molar-refractivity contribution is 5.88. The van der Waals surface area contributed by atoms with E-state index in [9.17, 15) is 9.59 Å². The van der Waals surface area contributed by atoms with E-state index in [0.717, 1.165) is 5.56 Å². The van der Waals surface area contributed by atoms with E-state index in [0.29, 0.717) is 11.4 Å². The average molecular weight is 313 g/mol. The zero-order valence-electron chi connectivity index (χ0n) is 12.3.